The number of ether oxygens (including phenoxy) is 1. The zero-order chi connectivity index (χ0) is 19.5. The molecule has 4 nitrogen and oxygen atoms in total. The lowest BCUT2D eigenvalue weighted by molar-refractivity contribution is -0.147. The average molecular weight is 369 g/mol. The molecule has 1 aromatic carbocycles. The van der Waals surface area contributed by atoms with Crippen molar-refractivity contribution in [2.75, 3.05) is 6.61 Å². The van der Waals surface area contributed by atoms with Gasteiger partial charge in [-0.3, -0.25) is 4.79 Å². The van der Waals surface area contributed by atoms with Crippen LogP contribution in [0.4, 0.5) is 8.78 Å². The molecule has 1 aromatic rings. The number of halogens is 2. The van der Waals surface area contributed by atoms with Crippen LogP contribution in [0.3, 0.4) is 0 Å². The lowest BCUT2D eigenvalue weighted by Gasteiger charge is -2.21. The summed E-state index contributed by atoms with van der Waals surface area (Å²) in [6, 6.07) is 2.22. The molecule has 0 aliphatic rings. The highest BCUT2D eigenvalue weighted by atomic mass is 19.1. The molecule has 0 spiro atoms. The van der Waals surface area contributed by atoms with E-state index in [1.165, 1.54) is 25.3 Å². The monoisotopic (exact) mass is 369 g/mol. The van der Waals surface area contributed by atoms with Crippen molar-refractivity contribution < 1.29 is 23.1 Å². The van der Waals surface area contributed by atoms with E-state index in [1.807, 2.05) is 0 Å². The molecule has 1 rings (SSSR count). The number of hydrogen-bond donors (Lipinski definition) is 1. The maximum absolute atomic E-state index is 13.7. The van der Waals surface area contributed by atoms with E-state index < -0.39 is 35.1 Å². The Morgan fingerprint density at radius 1 is 1.04 bits per heavy atom. The van der Waals surface area contributed by atoms with Crippen molar-refractivity contribution in [2.45, 2.75) is 65.3 Å². The number of benzene rings is 1. The first kappa shape index (κ1) is 22.1. The van der Waals surface area contributed by atoms with Crippen molar-refractivity contribution in [3.63, 3.8) is 0 Å². The molecule has 0 aliphatic carbocycles. The zero-order valence-corrected chi connectivity index (χ0v) is 15.8. The number of amides is 1. The molecule has 0 saturated heterocycles. The Kier molecular flexibility index (Phi) is 9.84. The second-order valence-electron chi connectivity index (χ2n) is 6.73. The third-order valence-electron chi connectivity index (χ3n) is 4.14. The second-order valence-corrected chi connectivity index (χ2v) is 6.73. The highest BCUT2D eigenvalue weighted by Gasteiger charge is 2.28. The highest BCUT2D eigenvalue weighted by Crippen LogP contribution is 2.14. The normalized spacial score (nSPS) is 12.1. The highest BCUT2D eigenvalue weighted by molar-refractivity contribution is 5.97. The van der Waals surface area contributed by atoms with Gasteiger partial charge in [0.25, 0.3) is 5.91 Å². The van der Waals surface area contributed by atoms with E-state index in [-0.39, 0.29) is 12.5 Å². The molecule has 1 N–H and O–H groups in total. The predicted molar refractivity (Wildman–Crippen MR) is 96.8 cm³/mol. The van der Waals surface area contributed by atoms with Gasteiger partial charge in [0.05, 0.1) is 6.61 Å². The fourth-order valence-electron chi connectivity index (χ4n) is 2.57. The van der Waals surface area contributed by atoms with Gasteiger partial charge in [-0.05, 0) is 24.5 Å². The molecule has 0 saturated carbocycles. The van der Waals surface area contributed by atoms with Crippen LogP contribution in [0, 0.1) is 17.6 Å². The van der Waals surface area contributed by atoms with Gasteiger partial charge >= 0.3 is 5.97 Å². The van der Waals surface area contributed by atoms with Crippen LogP contribution < -0.4 is 5.32 Å². The SMILES string of the molecule is CCCCCCCCOC(=O)C(NC(=O)c1c(F)cccc1F)C(C)C. The first-order valence-corrected chi connectivity index (χ1v) is 9.30. The standard InChI is InChI=1S/C20H29F2NO3/c1-4-5-6-7-8-9-13-26-20(25)18(14(2)3)23-19(24)17-15(21)11-10-12-16(17)22/h10-12,14,18H,4-9,13H2,1-3H3,(H,23,24). The van der Waals surface area contributed by atoms with Crippen LogP contribution in [0.2, 0.25) is 0 Å². The topological polar surface area (TPSA) is 55.4 Å². The van der Waals surface area contributed by atoms with E-state index in [0.717, 1.165) is 31.4 Å². The average Bonchev–Trinajstić information content (AvgIpc) is 2.58. The van der Waals surface area contributed by atoms with Crippen molar-refractivity contribution in [3.05, 3.63) is 35.4 Å². The van der Waals surface area contributed by atoms with Gasteiger partial charge in [-0.2, -0.15) is 0 Å². The molecule has 0 radical (unpaired) electrons. The molecule has 0 heterocycles. The molecule has 146 valence electrons. The molecule has 0 bridgehead atoms. The number of carbonyl (C=O) groups excluding carboxylic acids is 2. The molecule has 0 fully saturated rings. The van der Waals surface area contributed by atoms with Gasteiger partial charge in [0.15, 0.2) is 0 Å². The summed E-state index contributed by atoms with van der Waals surface area (Å²) in [4.78, 5) is 24.4. The summed E-state index contributed by atoms with van der Waals surface area (Å²) in [7, 11) is 0. The second kappa shape index (κ2) is 11.6. The van der Waals surface area contributed by atoms with Gasteiger partial charge in [0.2, 0.25) is 0 Å². The third-order valence-corrected chi connectivity index (χ3v) is 4.14. The minimum absolute atomic E-state index is 0.272. The van der Waals surface area contributed by atoms with Gasteiger partial charge in [-0.1, -0.05) is 58.9 Å². The summed E-state index contributed by atoms with van der Waals surface area (Å²) in [5.74, 6) is -3.75. The van der Waals surface area contributed by atoms with Gasteiger partial charge in [-0.25, -0.2) is 13.6 Å². The Balaban J connectivity index is 2.55. The molecule has 0 aromatic heterocycles. The Morgan fingerprint density at radius 2 is 1.62 bits per heavy atom. The lowest BCUT2D eigenvalue weighted by Crippen LogP contribution is -2.45. The van der Waals surface area contributed by atoms with Gasteiger partial charge in [-0.15, -0.1) is 0 Å². The van der Waals surface area contributed by atoms with Crippen LogP contribution in [-0.4, -0.2) is 24.5 Å². The van der Waals surface area contributed by atoms with Crippen molar-refractivity contribution in [1.29, 1.82) is 0 Å². The Labute approximate surface area is 154 Å². The van der Waals surface area contributed by atoms with Gasteiger partial charge in [0, 0.05) is 0 Å². The lowest BCUT2D eigenvalue weighted by atomic mass is 10.0. The van der Waals surface area contributed by atoms with Crippen molar-refractivity contribution in [2.24, 2.45) is 5.92 Å². The van der Waals surface area contributed by atoms with E-state index in [4.69, 9.17) is 4.74 Å². The summed E-state index contributed by atoms with van der Waals surface area (Å²) in [6.45, 7) is 5.89. The molecule has 1 unspecified atom stereocenters. The van der Waals surface area contributed by atoms with Crippen LogP contribution in [-0.2, 0) is 9.53 Å². The smallest absolute Gasteiger partial charge is 0.328 e. The van der Waals surface area contributed by atoms with E-state index >= 15 is 0 Å². The summed E-state index contributed by atoms with van der Waals surface area (Å²) >= 11 is 0. The van der Waals surface area contributed by atoms with Crippen molar-refractivity contribution in [3.8, 4) is 0 Å². The first-order chi connectivity index (χ1) is 12.4. The van der Waals surface area contributed by atoms with Crippen LogP contribution in [0.5, 0.6) is 0 Å². The summed E-state index contributed by atoms with van der Waals surface area (Å²) in [6.07, 6.45) is 6.38. The summed E-state index contributed by atoms with van der Waals surface area (Å²) in [5, 5.41) is 2.39. The Morgan fingerprint density at radius 3 is 2.19 bits per heavy atom. The minimum Gasteiger partial charge on any atom is -0.464 e. The van der Waals surface area contributed by atoms with Gasteiger partial charge < -0.3 is 10.1 Å². The summed E-state index contributed by atoms with van der Waals surface area (Å²) in [5.41, 5.74) is -0.693. The van der Waals surface area contributed by atoms with Crippen LogP contribution in [0.1, 0.15) is 69.7 Å². The maximum Gasteiger partial charge on any atom is 0.328 e. The molecule has 6 heteroatoms. The molecule has 1 amide bonds. The first-order valence-electron chi connectivity index (χ1n) is 9.30. The zero-order valence-electron chi connectivity index (χ0n) is 15.8. The number of unbranched alkanes of at least 4 members (excludes halogenated alkanes) is 5. The van der Waals surface area contributed by atoms with E-state index in [2.05, 4.69) is 12.2 Å². The number of nitrogens with one attached hydrogen (secondary N) is 1. The predicted octanol–water partition coefficient (Wildman–Crippen LogP) is 4.62. The van der Waals surface area contributed by atoms with E-state index in [1.54, 1.807) is 13.8 Å². The van der Waals surface area contributed by atoms with Crippen LogP contribution in [0.15, 0.2) is 18.2 Å². The molecular formula is C20H29F2NO3. The van der Waals surface area contributed by atoms with Crippen LogP contribution in [0.25, 0.3) is 0 Å². The molecule has 1 atom stereocenters. The number of rotatable bonds is 11. The molecule has 26 heavy (non-hydrogen) atoms. The Bertz CT molecular complexity index is 570. The summed E-state index contributed by atoms with van der Waals surface area (Å²) < 4.78 is 32.7. The van der Waals surface area contributed by atoms with Crippen molar-refractivity contribution >= 4 is 11.9 Å². The Hall–Kier alpha value is -1.98. The van der Waals surface area contributed by atoms with E-state index in [0.29, 0.717) is 0 Å². The quantitative estimate of drug-likeness (QED) is 0.457. The maximum atomic E-state index is 13.7. The number of esters is 1. The largest absolute Gasteiger partial charge is 0.464 e. The minimum atomic E-state index is -0.967. The van der Waals surface area contributed by atoms with Crippen LogP contribution >= 0.6 is 0 Å². The fraction of sp³-hybridized carbons (Fsp3) is 0.600. The number of carbonyl (C=O) groups is 2. The third kappa shape index (κ3) is 7.10. The van der Waals surface area contributed by atoms with Gasteiger partial charge in [0.1, 0.15) is 23.2 Å². The fourth-order valence-corrected chi connectivity index (χ4v) is 2.57. The molecule has 0 aliphatic heterocycles. The van der Waals surface area contributed by atoms with Crippen molar-refractivity contribution in [1.82, 2.24) is 5.32 Å². The molecular weight excluding hydrogens is 340 g/mol. The number of hydrogen-bond acceptors (Lipinski definition) is 3. The van der Waals surface area contributed by atoms with E-state index in [9.17, 15) is 18.4 Å².